The summed E-state index contributed by atoms with van der Waals surface area (Å²) in [5.74, 6) is -8.85. The number of benzene rings is 8. The van der Waals surface area contributed by atoms with Crippen LogP contribution in [0, 0.1) is 101 Å². The minimum absolute atomic E-state index is 0.288. The number of aromatic nitrogens is 3. The zero-order valence-corrected chi connectivity index (χ0v) is 99.5. The normalized spacial score (nSPS) is 13.0. The smallest absolute Gasteiger partial charge is 0.206 e. The molecule has 4 aliphatic carbocycles. The van der Waals surface area contributed by atoms with E-state index < -0.39 is 88.6 Å². The molecule has 8 aromatic carbocycles. The molecule has 4 aliphatic rings. The number of phenols is 3. The van der Waals surface area contributed by atoms with E-state index in [4.69, 9.17) is 15.6 Å². The van der Waals surface area contributed by atoms with Crippen LogP contribution in [0.1, 0.15) is 355 Å². The van der Waals surface area contributed by atoms with Crippen LogP contribution in [-0.2, 0) is 105 Å². The van der Waals surface area contributed by atoms with E-state index in [1.165, 1.54) is 178 Å². The van der Waals surface area contributed by atoms with Gasteiger partial charge in [-0.2, -0.15) is 42.9 Å². The van der Waals surface area contributed by atoms with Crippen molar-refractivity contribution in [2.24, 2.45) is 26.7 Å². The molecule has 0 unspecified atom stereocenters. The van der Waals surface area contributed by atoms with Gasteiger partial charge >= 0.3 is 380 Å². The van der Waals surface area contributed by atoms with Crippen molar-refractivity contribution in [3.63, 3.8) is 0 Å². The number of hydrogen-bond acceptors (Lipinski definition) is 6. The van der Waals surface area contributed by atoms with E-state index in [0.717, 1.165) is 106 Å². The van der Waals surface area contributed by atoms with E-state index in [-0.39, 0.29) is 16.2 Å². The number of halogens is 9. The molecule has 0 radical (unpaired) electrons. The molecular weight excluding hydrogens is 2240 g/mol. The molecule has 0 atom stereocenters. The fraction of sp³-hybridized carbons (Fsp3) is 0.462. The molecule has 3 N–H and O–H groups in total. The van der Waals surface area contributed by atoms with E-state index in [9.17, 15) is 32.2 Å². The third-order valence-corrected chi connectivity index (χ3v) is 34.9. The molecule has 0 spiro atoms. The van der Waals surface area contributed by atoms with Crippen LogP contribution in [0.25, 0.3) is 22.3 Å². The quantitative estimate of drug-likeness (QED) is 0.0510. The van der Waals surface area contributed by atoms with Gasteiger partial charge in [0.2, 0.25) is 29.1 Å². The summed E-state index contributed by atoms with van der Waals surface area (Å²) in [6.45, 7) is 63.7. The van der Waals surface area contributed by atoms with E-state index in [1.54, 1.807) is 0 Å². The predicted octanol–water partition coefficient (Wildman–Crippen LogP) is 36.2. The molecule has 0 saturated heterocycles. The Balaban J connectivity index is 0.000000217. The minimum atomic E-state index is -2.29. The Labute approximate surface area is 882 Å². The summed E-state index contributed by atoms with van der Waals surface area (Å²) in [5, 5.41) is 30.2. The Morgan fingerprint density at radius 3 is 0.681 bits per heavy atom. The van der Waals surface area contributed by atoms with Crippen LogP contribution in [0.5, 0.6) is 17.2 Å². The summed E-state index contributed by atoms with van der Waals surface area (Å²) in [4.78, 5) is 12.3. The summed E-state index contributed by atoms with van der Waals surface area (Å²) in [6, 6.07) is 40.9. The van der Waals surface area contributed by atoms with E-state index >= 15 is 0 Å². The van der Waals surface area contributed by atoms with Crippen molar-refractivity contribution >= 4 is 94.0 Å². The van der Waals surface area contributed by atoms with Gasteiger partial charge < -0.3 is 30.3 Å². The van der Waals surface area contributed by atoms with Crippen molar-refractivity contribution in [2.45, 2.75) is 339 Å². The molecule has 750 valence electrons. The fourth-order valence-electron chi connectivity index (χ4n) is 16.8. The van der Waals surface area contributed by atoms with Gasteiger partial charge in [-0.3, -0.25) is 0 Å². The van der Waals surface area contributed by atoms with Crippen molar-refractivity contribution in [1.29, 1.82) is 0 Å². The molecule has 0 saturated carbocycles. The summed E-state index contributed by atoms with van der Waals surface area (Å²) in [6.07, 6.45) is 18.9. The van der Waals surface area contributed by atoms with E-state index in [0.29, 0.717) is 47.0 Å². The SMILES string of the molecule is CC(C)c1cccc(C(C)C)c1[N]=[Mo]=[CH]C(C)(C)C.CC(C)c1cccc(C(C)C)c1[N]=[Mo]=[CH]C(C)(C)C.CC(C)c1cccc(C(C)C)c1[N]=[Mo]=[CH]C(C)(C)C.Cc1c(Br)cc2c(c1-c1c(O)c(Br)cc3c1CCCC3)CCCC2.Cc1c(Br)cc2c(c1-c1c(O)c(Br)cc3c1CCCC3)CCCC2.Cc1ccc(C)[n-]1.Cc1ccc(C)[n-]1.Cc1ccc(C)[n-]1.Oc1c(F)c(F)c(F)c(F)c1F. The van der Waals surface area contributed by atoms with Gasteiger partial charge in [-0.05, 0) is 239 Å². The van der Waals surface area contributed by atoms with E-state index in [1.807, 2.05) is 77.9 Å². The second-order valence-corrected chi connectivity index (χ2v) is 49.7. The van der Waals surface area contributed by atoms with Gasteiger partial charge in [0.1, 0.15) is 11.5 Å². The molecule has 11 aromatic rings. The van der Waals surface area contributed by atoms with Crippen LogP contribution in [0.2, 0.25) is 0 Å². The van der Waals surface area contributed by atoms with Crippen LogP contribution in [0.4, 0.5) is 39.0 Å². The van der Waals surface area contributed by atoms with Crippen molar-refractivity contribution in [1.82, 2.24) is 15.0 Å². The summed E-state index contributed by atoms with van der Waals surface area (Å²) in [5.41, 5.74) is 38.4. The number of aromatic hydroxyl groups is 3. The second-order valence-electron chi connectivity index (χ2n) is 41.7. The van der Waals surface area contributed by atoms with Crippen LogP contribution in [-0.4, -0.2) is 28.5 Å². The maximum atomic E-state index is 12.2. The maximum absolute atomic E-state index is 12.2. The Morgan fingerprint density at radius 2 is 0.486 bits per heavy atom. The van der Waals surface area contributed by atoms with Gasteiger partial charge in [0.05, 0.1) is 8.95 Å². The van der Waals surface area contributed by atoms with Crippen molar-refractivity contribution in [2.75, 3.05) is 0 Å². The van der Waals surface area contributed by atoms with Gasteiger partial charge in [-0.1, -0.05) is 110 Å². The van der Waals surface area contributed by atoms with Crippen LogP contribution in [0.3, 0.4) is 0 Å². The standard InChI is InChI=1S/2C21H22Br2O.3C12H17N.C6HF5O.3C6H8N.3C5H10.3Mo/c2*1-12-17(22)10-13-6-2-4-8-15(13)19(12)20-16-9-5-3-7-14(16)11-18(23)21(20)24;3*1-8(2)10-6-5-7-11(9(3)4)12(10)13;7-1-2(8)4(10)6(12)5(11)3(1)9;3*1-5-3-4-6(2)7-5;3*1-5(2,3)4;;;/h2*10-11,24H,2-9H2,1H3;3*5-9H,1-4H3;12H;3*3-4H,1-2H3;3*1H,2-4H3;;;/q;;;;;;3*-1;;;;;;. The topological polar surface area (TPSA) is 140 Å². The maximum Gasteiger partial charge on any atom is 0.206 e. The molecular formula is C117H150Br4F5Mo3N6O3-3. The molecule has 0 amide bonds. The number of phenolic OH excluding ortho intramolecular Hbond substituents is 3. The predicted molar refractivity (Wildman–Crippen MR) is 576 cm³/mol. The largest absolute Gasteiger partial charge is 0.665 e. The van der Waals surface area contributed by atoms with Crippen LogP contribution >= 0.6 is 63.7 Å². The molecule has 0 fully saturated rings. The first-order chi connectivity index (χ1) is 64.6. The van der Waals surface area contributed by atoms with Gasteiger partial charge in [0.15, 0.2) is 5.75 Å². The molecule has 15 rings (SSSR count). The molecule has 3 heterocycles. The second kappa shape index (κ2) is 55.1. The first kappa shape index (κ1) is 119. The molecule has 138 heavy (non-hydrogen) atoms. The van der Waals surface area contributed by atoms with Crippen molar-refractivity contribution < 1.29 is 91.0 Å². The summed E-state index contributed by atoms with van der Waals surface area (Å²) >= 11 is 13.5. The van der Waals surface area contributed by atoms with Gasteiger partial charge in [-0.15, -0.1) is 0 Å². The Bertz CT molecular complexity index is 5350. The van der Waals surface area contributed by atoms with Crippen LogP contribution in [0.15, 0.2) is 144 Å². The summed E-state index contributed by atoms with van der Waals surface area (Å²) in [7, 11) is 0. The number of aryl methyl sites for hydroxylation is 10. The zero-order chi connectivity index (χ0) is 103. The Morgan fingerprint density at radius 1 is 0.290 bits per heavy atom. The summed E-state index contributed by atoms with van der Waals surface area (Å²) < 4.78 is 86.9. The number of hydrogen-bond donors (Lipinski definition) is 3. The van der Waals surface area contributed by atoms with Crippen LogP contribution < -0.4 is 15.0 Å². The number of nitrogens with zero attached hydrogens (tertiary/aromatic N) is 6. The first-order valence-corrected chi connectivity index (χ1v) is 58.1. The third kappa shape index (κ3) is 35.0. The monoisotopic (exact) mass is 2390 g/mol. The Hall–Kier alpha value is -6.36. The Kier molecular flexibility index (Phi) is 47.3. The zero-order valence-electron chi connectivity index (χ0n) is 87.1. The molecule has 3 aromatic heterocycles. The average molecular weight is 2390 g/mol. The van der Waals surface area contributed by atoms with Crippen molar-refractivity contribution in [3.8, 4) is 39.5 Å². The van der Waals surface area contributed by atoms with E-state index in [2.05, 4.69) is 330 Å². The average Bonchev–Trinajstić information content (AvgIpc) is 0.872. The van der Waals surface area contributed by atoms with Gasteiger partial charge in [0, 0.05) is 20.1 Å². The van der Waals surface area contributed by atoms with Gasteiger partial charge in [-0.25, -0.2) is 13.2 Å². The molecule has 21 heteroatoms. The minimum Gasteiger partial charge on any atom is -0.665 e. The third-order valence-electron chi connectivity index (χ3n) is 24.0. The molecule has 0 aliphatic heterocycles. The number of rotatable bonds is 11. The fourth-order valence-corrected chi connectivity index (χ4v) is 23.8. The molecule has 0 bridgehead atoms. The first-order valence-electron chi connectivity index (χ1n) is 48.8. The van der Waals surface area contributed by atoms with Crippen molar-refractivity contribution in [3.05, 3.63) is 285 Å². The van der Waals surface area contributed by atoms with Gasteiger partial charge in [0.25, 0.3) is 0 Å². The number of fused-ring (bicyclic) bond motifs is 4. The molecule has 9 nitrogen and oxygen atoms in total.